The second kappa shape index (κ2) is 18.0. The quantitative estimate of drug-likeness (QED) is 0.372. The summed E-state index contributed by atoms with van der Waals surface area (Å²) in [7, 11) is 0. The molecule has 0 aromatic heterocycles. The molecule has 0 aromatic carbocycles. The van der Waals surface area contributed by atoms with Gasteiger partial charge in [-0.3, -0.25) is 4.79 Å². The molecule has 126 valence electrons. The van der Waals surface area contributed by atoms with Crippen LogP contribution in [0.3, 0.4) is 0 Å². The van der Waals surface area contributed by atoms with E-state index in [1.807, 2.05) is 0 Å². The van der Waals surface area contributed by atoms with E-state index in [-0.39, 0.29) is 0 Å². The van der Waals surface area contributed by atoms with Crippen molar-refractivity contribution in [3.05, 3.63) is 0 Å². The van der Waals surface area contributed by atoms with Gasteiger partial charge in [0.2, 0.25) is 0 Å². The van der Waals surface area contributed by atoms with E-state index in [9.17, 15) is 4.79 Å². The van der Waals surface area contributed by atoms with E-state index in [4.69, 9.17) is 5.73 Å². The Morgan fingerprint density at radius 3 is 1.62 bits per heavy atom. The van der Waals surface area contributed by atoms with Crippen LogP contribution in [0.1, 0.15) is 96.8 Å². The van der Waals surface area contributed by atoms with Gasteiger partial charge >= 0.3 is 0 Å². The highest BCUT2D eigenvalue weighted by atomic mass is 32.2. The molecule has 0 spiro atoms. The van der Waals surface area contributed by atoms with Gasteiger partial charge in [-0.25, -0.2) is 0 Å². The zero-order valence-corrected chi connectivity index (χ0v) is 15.0. The summed E-state index contributed by atoms with van der Waals surface area (Å²) >= 11 is 1.40. The number of carbonyl (C=O) groups is 1. The molecule has 0 saturated heterocycles. The van der Waals surface area contributed by atoms with Gasteiger partial charge in [0, 0.05) is 18.7 Å². The highest BCUT2D eigenvalue weighted by Gasteiger charge is 2.01. The number of hydrogen-bond acceptors (Lipinski definition) is 3. The van der Waals surface area contributed by atoms with Crippen LogP contribution < -0.4 is 5.73 Å². The van der Waals surface area contributed by atoms with Gasteiger partial charge in [-0.15, -0.1) is 0 Å². The molecule has 0 aliphatic rings. The monoisotopic (exact) mass is 315 g/mol. The van der Waals surface area contributed by atoms with E-state index in [0.29, 0.717) is 11.7 Å². The Kier molecular flexibility index (Phi) is 18.0. The van der Waals surface area contributed by atoms with E-state index < -0.39 is 0 Å². The minimum atomic E-state index is 0.323. The van der Waals surface area contributed by atoms with Crippen LogP contribution in [-0.4, -0.2) is 17.4 Å². The lowest BCUT2D eigenvalue weighted by atomic mass is 10.0. The van der Waals surface area contributed by atoms with Crippen molar-refractivity contribution in [1.82, 2.24) is 0 Å². The Hall–Kier alpha value is -0.0200. The number of nitrogens with two attached hydrogens (primary N) is 1. The number of rotatable bonds is 16. The molecule has 0 amide bonds. The summed E-state index contributed by atoms with van der Waals surface area (Å²) in [5, 5.41) is 0.323. The first kappa shape index (κ1) is 21.0. The van der Waals surface area contributed by atoms with Gasteiger partial charge in [-0.2, -0.15) is 0 Å². The lowest BCUT2D eigenvalue weighted by Gasteiger charge is -2.03. The van der Waals surface area contributed by atoms with Crippen molar-refractivity contribution >= 4 is 16.9 Å². The van der Waals surface area contributed by atoms with Gasteiger partial charge in [-0.05, 0) is 6.42 Å². The molecule has 0 aliphatic carbocycles. The van der Waals surface area contributed by atoms with Crippen LogP contribution in [0.2, 0.25) is 0 Å². The Balaban J connectivity index is 3.04. The summed E-state index contributed by atoms with van der Waals surface area (Å²) in [6.45, 7) is 2.88. The maximum absolute atomic E-state index is 11.4. The third-order valence-electron chi connectivity index (χ3n) is 3.87. The van der Waals surface area contributed by atoms with Crippen molar-refractivity contribution in [3.8, 4) is 0 Å². The van der Waals surface area contributed by atoms with E-state index in [2.05, 4.69) is 6.92 Å². The standard InChI is InChI=1S/C18H37NOS/c1-2-3-4-5-6-7-8-9-10-11-12-13-14-15-18(20)21-17-16-19/h2-17,19H2,1H3. The molecule has 0 bridgehead atoms. The van der Waals surface area contributed by atoms with Gasteiger partial charge in [0.15, 0.2) is 5.12 Å². The smallest absolute Gasteiger partial charge is 0.188 e. The fraction of sp³-hybridized carbons (Fsp3) is 0.944. The SMILES string of the molecule is CCCCCCCCCCCCCCCC(=O)SCCN. The first-order valence-corrected chi connectivity index (χ1v) is 10.2. The van der Waals surface area contributed by atoms with Crippen LogP contribution >= 0.6 is 11.8 Å². The van der Waals surface area contributed by atoms with Gasteiger partial charge in [0.1, 0.15) is 0 Å². The molecule has 0 aromatic rings. The number of unbranched alkanes of at least 4 members (excludes halogenated alkanes) is 12. The van der Waals surface area contributed by atoms with Crippen molar-refractivity contribution in [3.63, 3.8) is 0 Å². The maximum Gasteiger partial charge on any atom is 0.188 e. The van der Waals surface area contributed by atoms with Crippen LogP contribution in [-0.2, 0) is 4.79 Å². The largest absolute Gasteiger partial charge is 0.330 e. The first-order chi connectivity index (χ1) is 10.3. The highest BCUT2D eigenvalue weighted by molar-refractivity contribution is 8.13. The average molecular weight is 316 g/mol. The van der Waals surface area contributed by atoms with Crippen molar-refractivity contribution in [2.75, 3.05) is 12.3 Å². The van der Waals surface area contributed by atoms with Gasteiger partial charge in [-0.1, -0.05) is 95.7 Å². The lowest BCUT2D eigenvalue weighted by molar-refractivity contribution is -0.111. The summed E-state index contributed by atoms with van der Waals surface area (Å²) in [5.41, 5.74) is 5.38. The fourth-order valence-corrected chi connectivity index (χ4v) is 3.17. The van der Waals surface area contributed by atoms with Gasteiger partial charge < -0.3 is 5.73 Å². The van der Waals surface area contributed by atoms with E-state index in [1.54, 1.807) is 0 Å². The van der Waals surface area contributed by atoms with Gasteiger partial charge in [0.05, 0.1) is 0 Å². The molecule has 0 aliphatic heterocycles. The summed E-state index contributed by atoms with van der Waals surface area (Å²) in [6.07, 6.45) is 18.3. The van der Waals surface area contributed by atoms with Crippen molar-refractivity contribution in [2.24, 2.45) is 5.73 Å². The predicted molar refractivity (Wildman–Crippen MR) is 96.8 cm³/mol. The molecule has 0 rings (SSSR count). The molecule has 3 heteroatoms. The molecule has 0 heterocycles. The molecule has 0 fully saturated rings. The second-order valence-corrected chi connectivity index (χ2v) is 7.15. The van der Waals surface area contributed by atoms with Gasteiger partial charge in [0.25, 0.3) is 0 Å². The van der Waals surface area contributed by atoms with Crippen LogP contribution in [0.25, 0.3) is 0 Å². The number of hydrogen-bond donors (Lipinski definition) is 1. The van der Waals surface area contributed by atoms with Crippen LogP contribution in [0.4, 0.5) is 0 Å². The fourth-order valence-electron chi connectivity index (χ4n) is 2.53. The van der Waals surface area contributed by atoms with E-state index >= 15 is 0 Å². The van der Waals surface area contributed by atoms with Crippen LogP contribution in [0, 0.1) is 0 Å². The molecular weight excluding hydrogens is 278 g/mol. The van der Waals surface area contributed by atoms with Crippen molar-refractivity contribution in [1.29, 1.82) is 0 Å². The number of thioether (sulfide) groups is 1. The number of carbonyl (C=O) groups excluding carboxylic acids is 1. The zero-order chi connectivity index (χ0) is 15.6. The molecule has 0 unspecified atom stereocenters. The average Bonchev–Trinajstić information content (AvgIpc) is 2.49. The molecule has 2 N–H and O–H groups in total. The van der Waals surface area contributed by atoms with Crippen LogP contribution in [0.15, 0.2) is 0 Å². The Labute approximate surface area is 137 Å². The van der Waals surface area contributed by atoms with Crippen LogP contribution in [0.5, 0.6) is 0 Å². The molecule has 2 nitrogen and oxygen atoms in total. The molecular formula is C18H37NOS. The summed E-state index contributed by atoms with van der Waals surface area (Å²) in [6, 6.07) is 0. The Bertz CT molecular complexity index is 221. The van der Waals surface area contributed by atoms with Crippen molar-refractivity contribution in [2.45, 2.75) is 96.8 Å². The van der Waals surface area contributed by atoms with E-state index in [1.165, 1.54) is 88.8 Å². The minimum Gasteiger partial charge on any atom is -0.330 e. The molecule has 0 atom stereocenters. The summed E-state index contributed by atoms with van der Waals surface area (Å²) in [4.78, 5) is 11.4. The Morgan fingerprint density at radius 2 is 1.19 bits per heavy atom. The maximum atomic E-state index is 11.4. The predicted octanol–water partition coefficient (Wildman–Crippen LogP) is 5.69. The summed E-state index contributed by atoms with van der Waals surface area (Å²) < 4.78 is 0. The third-order valence-corrected chi connectivity index (χ3v) is 4.83. The topological polar surface area (TPSA) is 43.1 Å². The normalized spacial score (nSPS) is 11.0. The molecule has 21 heavy (non-hydrogen) atoms. The Morgan fingerprint density at radius 1 is 0.762 bits per heavy atom. The third kappa shape index (κ3) is 17.9. The van der Waals surface area contributed by atoms with E-state index in [0.717, 1.165) is 18.6 Å². The first-order valence-electron chi connectivity index (χ1n) is 9.17. The molecule has 0 radical (unpaired) electrons. The molecule has 0 saturated carbocycles. The lowest BCUT2D eigenvalue weighted by Crippen LogP contribution is -2.04. The zero-order valence-electron chi connectivity index (χ0n) is 14.2. The highest BCUT2D eigenvalue weighted by Crippen LogP contribution is 2.14. The van der Waals surface area contributed by atoms with Crippen molar-refractivity contribution < 1.29 is 4.79 Å². The second-order valence-electron chi connectivity index (χ2n) is 6.00. The minimum absolute atomic E-state index is 0.323. The summed E-state index contributed by atoms with van der Waals surface area (Å²) in [5.74, 6) is 0.775.